The molecule has 34 heavy (non-hydrogen) atoms. The van der Waals surface area contributed by atoms with Crippen molar-refractivity contribution in [3.63, 3.8) is 0 Å². The van der Waals surface area contributed by atoms with Crippen LogP contribution in [0.5, 0.6) is 0 Å². The van der Waals surface area contributed by atoms with Crippen LogP contribution >= 0.6 is 0 Å². The molecule has 182 valence electrons. The largest absolute Gasteiger partial charge is 0.493 e. The molecule has 1 saturated heterocycles. The van der Waals surface area contributed by atoms with Crippen molar-refractivity contribution in [2.24, 2.45) is 14.1 Å². The molecule has 1 aromatic carbocycles. The number of fused-ring (bicyclic) bond motifs is 1. The summed E-state index contributed by atoms with van der Waals surface area (Å²) in [5.41, 5.74) is -0.591. The molecule has 0 bridgehead atoms. The number of hydroxylamine groups is 1. The van der Waals surface area contributed by atoms with Gasteiger partial charge in [0.05, 0.1) is 5.69 Å². The highest BCUT2D eigenvalue weighted by molar-refractivity contribution is 5.85. The molecule has 13 heteroatoms. The van der Waals surface area contributed by atoms with Crippen molar-refractivity contribution in [1.82, 2.24) is 19.4 Å². The number of hydrogen-bond acceptors (Lipinski definition) is 8. The Hall–Kier alpha value is -3.58. The Morgan fingerprint density at radius 1 is 1.15 bits per heavy atom. The first-order valence-corrected chi connectivity index (χ1v) is 10.4. The first kappa shape index (κ1) is 23.6. The van der Waals surface area contributed by atoms with Crippen molar-refractivity contribution in [1.29, 1.82) is 0 Å². The third-order valence-corrected chi connectivity index (χ3v) is 5.81. The number of piperazine rings is 1. The summed E-state index contributed by atoms with van der Waals surface area (Å²) in [6.45, 7) is 5.57. The van der Waals surface area contributed by atoms with Crippen LogP contribution in [0.1, 0.15) is 5.56 Å². The molecule has 2 aliphatic heterocycles. The number of nitrogens with zero attached hydrogens (tertiary/aromatic N) is 5. The molecule has 0 aliphatic carbocycles. The van der Waals surface area contributed by atoms with E-state index in [2.05, 4.69) is 11.9 Å². The molecule has 4 rings (SSSR count). The van der Waals surface area contributed by atoms with Crippen LogP contribution in [0.2, 0.25) is 0 Å². The first-order valence-electron chi connectivity index (χ1n) is 10.4. The number of para-hydroxylation sites is 1. The summed E-state index contributed by atoms with van der Waals surface area (Å²) in [7, 11) is 2.57. The SMILES string of the molecule is C=Cc1ccccc1N1c2c(n(C)c(=O)n(C)c2=O)N(OC(=O)C(F)(F)F)C1N1CCNCC1. The van der Waals surface area contributed by atoms with E-state index in [0.29, 0.717) is 42.5 Å². The van der Waals surface area contributed by atoms with Crippen LogP contribution in [0.15, 0.2) is 40.4 Å². The van der Waals surface area contributed by atoms with Crippen LogP contribution < -0.4 is 26.5 Å². The normalized spacial score (nSPS) is 18.7. The van der Waals surface area contributed by atoms with E-state index in [-0.39, 0.29) is 11.5 Å². The van der Waals surface area contributed by atoms with Gasteiger partial charge in [0.1, 0.15) is 0 Å². The van der Waals surface area contributed by atoms with Gasteiger partial charge < -0.3 is 10.2 Å². The third kappa shape index (κ3) is 3.76. The number of rotatable bonds is 4. The molecule has 0 radical (unpaired) electrons. The summed E-state index contributed by atoms with van der Waals surface area (Å²) in [5, 5.41) is 3.86. The predicted molar refractivity (Wildman–Crippen MR) is 118 cm³/mol. The highest BCUT2D eigenvalue weighted by atomic mass is 19.4. The lowest BCUT2D eigenvalue weighted by molar-refractivity contribution is -0.203. The molecular formula is C21H23F3N6O4. The van der Waals surface area contributed by atoms with Gasteiger partial charge in [0.15, 0.2) is 11.5 Å². The zero-order chi connectivity index (χ0) is 24.8. The average molecular weight is 480 g/mol. The maximum absolute atomic E-state index is 13.3. The molecular weight excluding hydrogens is 457 g/mol. The second-order valence-electron chi connectivity index (χ2n) is 7.85. The molecule has 1 unspecified atom stereocenters. The van der Waals surface area contributed by atoms with Crippen molar-refractivity contribution < 1.29 is 22.8 Å². The quantitative estimate of drug-likeness (QED) is 0.690. The molecule has 0 amide bonds. The number of aromatic nitrogens is 2. The number of carbonyl (C=O) groups excluding carboxylic acids is 1. The Morgan fingerprint density at radius 2 is 1.79 bits per heavy atom. The van der Waals surface area contributed by atoms with Crippen LogP contribution in [0.25, 0.3) is 6.08 Å². The van der Waals surface area contributed by atoms with E-state index >= 15 is 0 Å². The lowest BCUT2D eigenvalue weighted by Gasteiger charge is -2.41. The standard InChI is InChI=1S/C21H23F3N6O4/c1-4-13-7-5-6-8-14(13)29-15-16(26(2)20(33)27(3)17(15)31)30(34-18(32)21(22,23)24)19(29)28-11-9-25-10-12-28/h4-8,19,25H,1,9-12H2,2-3H3. The maximum Gasteiger partial charge on any atom is 0.493 e. The van der Waals surface area contributed by atoms with E-state index in [1.165, 1.54) is 19.0 Å². The van der Waals surface area contributed by atoms with Crippen molar-refractivity contribution >= 4 is 29.2 Å². The van der Waals surface area contributed by atoms with Crippen LogP contribution in [0, 0.1) is 0 Å². The Labute approximate surface area is 192 Å². The molecule has 1 N–H and O–H groups in total. The smallest absolute Gasteiger partial charge is 0.327 e. The Balaban J connectivity index is 2.03. The van der Waals surface area contributed by atoms with Gasteiger partial charge in [0.25, 0.3) is 5.56 Å². The molecule has 2 aromatic rings. The Kier molecular flexibility index (Phi) is 6.00. The summed E-state index contributed by atoms with van der Waals surface area (Å²) in [6, 6.07) is 6.86. The van der Waals surface area contributed by atoms with E-state index in [0.717, 1.165) is 9.13 Å². The van der Waals surface area contributed by atoms with Gasteiger partial charge in [-0.05, 0) is 11.6 Å². The third-order valence-electron chi connectivity index (χ3n) is 5.81. The lowest BCUT2D eigenvalue weighted by atomic mass is 10.1. The molecule has 2 aliphatic rings. The van der Waals surface area contributed by atoms with Gasteiger partial charge >= 0.3 is 17.8 Å². The van der Waals surface area contributed by atoms with Gasteiger partial charge in [-0.2, -0.15) is 13.2 Å². The van der Waals surface area contributed by atoms with Crippen molar-refractivity contribution in [3.8, 4) is 0 Å². The minimum atomic E-state index is -5.29. The summed E-state index contributed by atoms with van der Waals surface area (Å²) in [5.74, 6) is -2.72. The number of halogens is 3. The minimum Gasteiger partial charge on any atom is -0.327 e. The topological polar surface area (TPSA) is 92.0 Å². The fraction of sp³-hybridized carbons (Fsp3) is 0.381. The predicted octanol–water partition coefficient (Wildman–Crippen LogP) is 0.894. The van der Waals surface area contributed by atoms with E-state index in [1.807, 2.05) is 0 Å². The highest BCUT2D eigenvalue weighted by Gasteiger charge is 2.51. The number of alkyl halides is 3. The van der Waals surface area contributed by atoms with E-state index in [9.17, 15) is 27.6 Å². The molecule has 1 atom stereocenters. The highest BCUT2D eigenvalue weighted by Crippen LogP contribution is 2.44. The maximum atomic E-state index is 13.3. The Bertz CT molecular complexity index is 1250. The molecule has 3 heterocycles. The van der Waals surface area contributed by atoms with Crippen molar-refractivity contribution in [3.05, 3.63) is 57.2 Å². The molecule has 1 aromatic heterocycles. The van der Waals surface area contributed by atoms with Crippen molar-refractivity contribution in [2.75, 3.05) is 36.1 Å². The molecule has 0 spiro atoms. The minimum absolute atomic E-state index is 0.0996. The fourth-order valence-electron chi connectivity index (χ4n) is 4.19. The number of carbonyl (C=O) groups is 1. The number of anilines is 3. The van der Waals surface area contributed by atoms with Gasteiger partial charge in [-0.1, -0.05) is 30.9 Å². The lowest BCUT2D eigenvalue weighted by Crippen LogP contribution is -2.60. The van der Waals surface area contributed by atoms with Crippen molar-refractivity contribution in [2.45, 2.75) is 12.5 Å². The zero-order valence-electron chi connectivity index (χ0n) is 18.5. The summed E-state index contributed by atoms with van der Waals surface area (Å²) < 4.78 is 41.5. The zero-order valence-corrected chi connectivity index (χ0v) is 18.5. The Morgan fingerprint density at radius 3 is 2.41 bits per heavy atom. The summed E-state index contributed by atoms with van der Waals surface area (Å²) >= 11 is 0. The van der Waals surface area contributed by atoms with Crippen LogP contribution in [0.4, 0.5) is 30.4 Å². The average Bonchev–Trinajstić information content (AvgIpc) is 3.15. The second kappa shape index (κ2) is 8.65. The molecule has 10 nitrogen and oxygen atoms in total. The molecule has 0 saturated carbocycles. The fourth-order valence-corrected chi connectivity index (χ4v) is 4.19. The van der Waals surface area contributed by atoms with Gasteiger partial charge in [-0.3, -0.25) is 23.7 Å². The summed E-state index contributed by atoms with van der Waals surface area (Å²) in [6.07, 6.45) is -4.91. The number of nitrogens with one attached hydrogen (secondary N) is 1. The second-order valence-corrected chi connectivity index (χ2v) is 7.85. The van der Waals surface area contributed by atoms with E-state index < -0.39 is 29.7 Å². The molecule has 1 fully saturated rings. The van der Waals surface area contributed by atoms with Gasteiger partial charge in [-0.15, -0.1) is 5.06 Å². The van der Waals surface area contributed by atoms with Gasteiger partial charge in [0.2, 0.25) is 6.29 Å². The monoisotopic (exact) mass is 480 g/mol. The van der Waals surface area contributed by atoms with Crippen LogP contribution in [-0.2, 0) is 23.7 Å². The number of benzene rings is 1. The van der Waals surface area contributed by atoms with E-state index in [4.69, 9.17) is 4.84 Å². The van der Waals surface area contributed by atoms with Crippen LogP contribution in [-0.4, -0.2) is 58.6 Å². The van der Waals surface area contributed by atoms with Gasteiger partial charge in [0, 0.05) is 40.3 Å². The van der Waals surface area contributed by atoms with Gasteiger partial charge in [-0.25, -0.2) is 9.59 Å². The van der Waals surface area contributed by atoms with E-state index in [1.54, 1.807) is 35.2 Å². The number of hydrogen-bond donors (Lipinski definition) is 1. The first-order chi connectivity index (χ1) is 16.1. The van der Waals surface area contributed by atoms with Crippen LogP contribution in [0.3, 0.4) is 0 Å². The summed E-state index contributed by atoms with van der Waals surface area (Å²) in [4.78, 5) is 46.1.